The Balaban J connectivity index is 1.44. The molecular weight excluding hydrogens is 362 g/mol. The van der Waals surface area contributed by atoms with E-state index in [0.717, 1.165) is 24.3 Å². The minimum absolute atomic E-state index is 0.122. The first-order valence-corrected chi connectivity index (χ1v) is 9.43. The first-order valence-electron chi connectivity index (χ1n) is 8.61. The molecule has 0 bridgehead atoms. The number of para-hydroxylation sites is 1. The van der Waals surface area contributed by atoms with E-state index in [4.69, 9.17) is 4.74 Å². The molecule has 1 aromatic heterocycles. The van der Waals surface area contributed by atoms with Crippen LogP contribution < -0.4 is 15.4 Å². The van der Waals surface area contributed by atoms with Crippen LogP contribution in [0.5, 0.6) is 11.5 Å². The zero-order chi connectivity index (χ0) is 18.6. The van der Waals surface area contributed by atoms with Gasteiger partial charge >= 0.3 is 0 Å². The van der Waals surface area contributed by atoms with Gasteiger partial charge in [-0.2, -0.15) is 0 Å². The second kappa shape index (κ2) is 7.59. The fourth-order valence-corrected chi connectivity index (χ4v) is 3.68. The van der Waals surface area contributed by atoms with Crippen LogP contribution in [-0.4, -0.2) is 23.3 Å². The minimum Gasteiger partial charge on any atom is -0.457 e. The summed E-state index contributed by atoms with van der Waals surface area (Å²) < 4.78 is 5.72. The van der Waals surface area contributed by atoms with Crippen molar-refractivity contribution in [3.63, 3.8) is 0 Å². The highest BCUT2D eigenvalue weighted by atomic mass is 32.1. The van der Waals surface area contributed by atoms with E-state index in [1.165, 1.54) is 11.3 Å². The number of rotatable bonds is 4. The zero-order valence-corrected chi connectivity index (χ0v) is 15.2. The highest BCUT2D eigenvalue weighted by Crippen LogP contribution is 2.26. The lowest BCUT2D eigenvalue weighted by atomic mass is 10.2. The summed E-state index contributed by atoms with van der Waals surface area (Å²) >= 11 is 1.20. The number of anilines is 1. The number of carbonyl (C=O) groups is 2. The second-order valence-corrected chi connectivity index (χ2v) is 7.05. The van der Waals surface area contributed by atoms with E-state index in [0.29, 0.717) is 27.9 Å². The van der Waals surface area contributed by atoms with Gasteiger partial charge in [-0.05, 0) is 49.2 Å². The van der Waals surface area contributed by atoms with Gasteiger partial charge in [-0.1, -0.05) is 29.5 Å². The molecule has 1 aliphatic rings. The molecule has 27 heavy (non-hydrogen) atoms. The van der Waals surface area contributed by atoms with Crippen molar-refractivity contribution < 1.29 is 14.3 Å². The topological polar surface area (TPSA) is 80.3 Å². The summed E-state index contributed by atoms with van der Waals surface area (Å²) in [5.74, 6) is 0.987. The molecule has 0 radical (unpaired) electrons. The SMILES string of the molecule is O=C(Nc1nc2c(s1)C(=O)NCCC2)c1ccc(Oc2ccccc2)cc1. The normalized spacial score (nSPS) is 13.3. The number of benzene rings is 2. The molecule has 1 aliphatic heterocycles. The van der Waals surface area contributed by atoms with Gasteiger partial charge in [0.2, 0.25) is 0 Å². The fraction of sp³-hybridized carbons (Fsp3) is 0.150. The van der Waals surface area contributed by atoms with E-state index in [1.54, 1.807) is 24.3 Å². The van der Waals surface area contributed by atoms with Crippen LogP contribution in [0.4, 0.5) is 5.13 Å². The molecule has 2 N–H and O–H groups in total. The number of nitrogens with zero attached hydrogens (tertiary/aromatic N) is 1. The van der Waals surface area contributed by atoms with Gasteiger partial charge in [-0.25, -0.2) is 4.98 Å². The quantitative estimate of drug-likeness (QED) is 0.721. The van der Waals surface area contributed by atoms with Gasteiger partial charge in [0.15, 0.2) is 5.13 Å². The number of hydrogen-bond acceptors (Lipinski definition) is 5. The van der Waals surface area contributed by atoms with Crippen molar-refractivity contribution in [2.45, 2.75) is 12.8 Å². The minimum atomic E-state index is -0.273. The van der Waals surface area contributed by atoms with Gasteiger partial charge in [0.05, 0.1) is 5.69 Å². The lowest BCUT2D eigenvalue weighted by Gasteiger charge is -2.06. The monoisotopic (exact) mass is 379 g/mol. The van der Waals surface area contributed by atoms with E-state index in [1.807, 2.05) is 30.3 Å². The van der Waals surface area contributed by atoms with E-state index >= 15 is 0 Å². The van der Waals surface area contributed by atoms with Crippen LogP contribution in [-0.2, 0) is 6.42 Å². The van der Waals surface area contributed by atoms with E-state index in [2.05, 4.69) is 15.6 Å². The Labute approximate surface area is 160 Å². The number of carbonyl (C=O) groups excluding carboxylic acids is 2. The molecule has 2 heterocycles. The van der Waals surface area contributed by atoms with Gasteiger partial charge in [0, 0.05) is 12.1 Å². The molecule has 0 saturated heterocycles. The Morgan fingerprint density at radius 2 is 1.81 bits per heavy atom. The molecule has 7 heteroatoms. The summed E-state index contributed by atoms with van der Waals surface area (Å²) in [6, 6.07) is 16.3. The van der Waals surface area contributed by atoms with Crippen LogP contribution >= 0.6 is 11.3 Å². The number of hydrogen-bond donors (Lipinski definition) is 2. The predicted molar refractivity (Wildman–Crippen MR) is 104 cm³/mol. The molecule has 0 unspecified atom stereocenters. The second-order valence-electron chi connectivity index (χ2n) is 6.05. The van der Waals surface area contributed by atoms with Crippen LogP contribution in [0.25, 0.3) is 0 Å². The third kappa shape index (κ3) is 3.98. The zero-order valence-electron chi connectivity index (χ0n) is 14.4. The van der Waals surface area contributed by atoms with Crippen LogP contribution in [0.15, 0.2) is 54.6 Å². The molecule has 0 fully saturated rings. The van der Waals surface area contributed by atoms with E-state index in [9.17, 15) is 9.59 Å². The van der Waals surface area contributed by atoms with E-state index < -0.39 is 0 Å². The maximum atomic E-state index is 12.5. The smallest absolute Gasteiger partial charge is 0.263 e. The van der Waals surface area contributed by atoms with Crippen molar-refractivity contribution in [3.8, 4) is 11.5 Å². The van der Waals surface area contributed by atoms with Gasteiger partial charge in [0.25, 0.3) is 11.8 Å². The largest absolute Gasteiger partial charge is 0.457 e. The number of fused-ring (bicyclic) bond motifs is 1. The molecular formula is C20H17N3O3S. The molecule has 4 rings (SSSR count). The van der Waals surface area contributed by atoms with Gasteiger partial charge < -0.3 is 10.1 Å². The van der Waals surface area contributed by atoms with E-state index in [-0.39, 0.29) is 11.8 Å². The number of nitrogens with one attached hydrogen (secondary N) is 2. The molecule has 0 aliphatic carbocycles. The molecule has 2 aromatic carbocycles. The Morgan fingerprint density at radius 3 is 2.59 bits per heavy atom. The highest BCUT2D eigenvalue weighted by molar-refractivity contribution is 7.17. The number of aromatic nitrogens is 1. The fourth-order valence-electron chi connectivity index (χ4n) is 2.76. The third-order valence-electron chi connectivity index (χ3n) is 4.10. The van der Waals surface area contributed by atoms with Crippen LogP contribution in [0.1, 0.15) is 32.1 Å². The summed E-state index contributed by atoms with van der Waals surface area (Å²) in [5, 5.41) is 6.04. The molecule has 6 nitrogen and oxygen atoms in total. The first-order chi connectivity index (χ1) is 13.2. The van der Waals surface area contributed by atoms with Crippen molar-refractivity contribution in [1.82, 2.24) is 10.3 Å². The van der Waals surface area contributed by atoms with Crippen molar-refractivity contribution in [2.24, 2.45) is 0 Å². The summed E-state index contributed by atoms with van der Waals surface area (Å²) in [6.07, 6.45) is 1.57. The molecule has 0 spiro atoms. The molecule has 3 aromatic rings. The summed E-state index contributed by atoms with van der Waals surface area (Å²) in [4.78, 5) is 29.4. The van der Waals surface area contributed by atoms with Crippen molar-refractivity contribution in [3.05, 3.63) is 70.7 Å². The average Bonchev–Trinajstić information content (AvgIpc) is 3.01. The number of ether oxygens (including phenoxy) is 1. The molecule has 0 saturated carbocycles. The maximum Gasteiger partial charge on any atom is 0.263 e. The van der Waals surface area contributed by atoms with Crippen molar-refractivity contribution in [1.29, 1.82) is 0 Å². The van der Waals surface area contributed by atoms with Crippen LogP contribution in [0.2, 0.25) is 0 Å². The summed E-state index contributed by atoms with van der Waals surface area (Å²) in [6.45, 7) is 0.654. The van der Waals surface area contributed by atoms with Crippen LogP contribution in [0, 0.1) is 0 Å². The summed E-state index contributed by atoms with van der Waals surface area (Å²) in [5.41, 5.74) is 1.24. The molecule has 136 valence electrons. The standard InChI is InChI=1S/C20H17N3O3S/c24-18(23-20-22-16-7-4-12-21-19(25)17(16)27-20)13-8-10-15(11-9-13)26-14-5-2-1-3-6-14/h1-3,5-6,8-11H,4,7,12H2,(H,21,25)(H,22,23,24). The maximum absolute atomic E-state index is 12.5. The Hall–Kier alpha value is -3.19. The van der Waals surface area contributed by atoms with Crippen molar-refractivity contribution in [2.75, 3.05) is 11.9 Å². The number of amides is 2. The van der Waals surface area contributed by atoms with Crippen molar-refractivity contribution >= 4 is 28.3 Å². The Kier molecular flexibility index (Phi) is 4.84. The lowest BCUT2D eigenvalue weighted by Crippen LogP contribution is -2.21. The van der Waals surface area contributed by atoms with Gasteiger partial charge in [-0.3, -0.25) is 14.9 Å². The number of aryl methyl sites for hydroxylation is 1. The Morgan fingerprint density at radius 1 is 1.07 bits per heavy atom. The number of thiazole rings is 1. The lowest BCUT2D eigenvalue weighted by molar-refractivity contribution is 0.0958. The Bertz CT molecular complexity index is 968. The predicted octanol–water partition coefficient (Wildman–Crippen LogP) is 3.86. The average molecular weight is 379 g/mol. The molecule has 2 amide bonds. The first kappa shape index (κ1) is 17.2. The van der Waals surface area contributed by atoms with Gasteiger partial charge in [-0.15, -0.1) is 0 Å². The highest BCUT2D eigenvalue weighted by Gasteiger charge is 2.21. The van der Waals surface area contributed by atoms with Gasteiger partial charge in [0.1, 0.15) is 16.4 Å². The third-order valence-corrected chi connectivity index (χ3v) is 5.11. The molecule has 0 atom stereocenters. The summed E-state index contributed by atoms with van der Waals surface area (Å²) in [7, 11) is 0. The van der Waals surface area contributed by atoms with Crippen LogP contribution in [0.3, 0.4) is 0 Å².